The third kappa shape index (κ3) is 4.52. The second-order valence-corrected chi connectivity index (χ2v) is 4.83. The van der Waals surface area contributed by atoms with Gasteiger partial charge in [0.1, 0.15) is 5.82 Å². The van der Waals surface area contributed by atoms with Gasteiger partial charge in [0.15, 0.2) is 0 Å². The number of halogens is 1. The molecule has 1 N–H and O–H groups in total. The summed E-state index contributed by atoms with van der Waals surface area (Å²) in [5.74, 6) is -0.886. The summed E-state index contributed by atoms with van der Waals surface area (Å²) < 4.78 is 23.5. The zero-order chi connectivity index (χ0) is 14.5. The maximum atomic E-state index is 13.6. The predicted octanol–water partition coefficient (Wildman–Crippen LogP) is 2.84. The van der Waals surface area contributed by atoms with E-state index in [0.29, 0.717) is 18.5 Å². The second kappa shape index (κ2) is 6.52. The Balaban J connectivity index is 2.70. The van der Waals surface area contributed by atoms with Crippen molar-refractivity contribution < 1.29 is 18.7 Å². The first-order valence-electron chi connectivity index (χ1n) is 6.06. The molecule has 0 aliphatic rings. The van der Waals surface area contributed by atoms with Crippen molar-refractivity contribution in [2.75, 3.05) is 26.1 Å². The molecule has 0 saturated carbocycles. The molecular formula is C14H20FNO3. The molecule has 0 unspecified atom stereocenters. The summed E-state index contributed by atoms with van der Waals surface area (Å²) in [4.78, 5) is 11.4. The highest BCUT2D eigenvalue weighted by atomic mass is 19.1. The van der Waals surface area contributed by atoms with Crippen molar-refractivity contribution in [2.24, 2.45) is 0 Å². The van der Waals surface area contributed by atoms with Crippen molar-refractivity contribution in [1.29, 1.82) is 0 Å². The third-order valence-electron chi connectivity index (χ3n) is 2.98. The molecule has 0 fully saturated rings. The number of carbonyl (C=O) groups is 1. The summed E-state index contributed by atoms with van der Waals surface area (Å²) in [5.41, 5.74) is 0.330. The van der Waals surface area contributed by atoms with Gasteiger partial charge in [0.05, 0.1) is 24.0 Å². The Bertz CT molecular complexity index is 446. The molecule has 0 atom stereocenters. The van der Waals surface area contributed by atoms with E-state index in [9.17, 15) is 9.18 Å². The Hall–Kier alpha value is -1.62. The summed E-state index contributed by atoms with van der Waals surface area (Å²) in [5, 5.41) is 2.96. The lowest BCUT2D eigenvalue weighted by molar-refractivity contribution is 0.0184. The zero-order valence-corrected chi connectivity index (χ0v) is 11.7. The maximum Gasteiger partial charge on any atom is 0.337 e. The standard InChI is InChI=1S/C14H20FNO3/c1-14(2,19-4)7-8-16-12-9-10(13(17)18-3)5-6-11(12)15/h5-6,9,16H,7-8H2,1-4H3. The Kier molecular flexibility index (Phi) is 5.30. The van der Waals surface area contributed by atoms with Crippen LogP contribution in [0.25, 0.3) is 0 Å². The minimum absolute atomic E-state index is 0.274. The molecule has 1 rings (SSSR count). The Morgan fingerprint density at radius 1 is 1.37 bits per heavy atom. The number of ether oxygens (including phenoxy) is 2. The van der Waals surface area contributed by atoms with Crippen LogP contribution in [-0.4, -0.2) is 32.3 Å². The van der Waals surface area contributed by atoms with Gasteiger partial charge in [-0.15, -0.1) is 0 Å². The summed E-state index contributed by atoms with van der Waals surface area (Å²) >= 11 is 0. The van der Waals surface area contributed by atoms with Crippen LogP contribution in [0.15, 0.2) is 18.2 Å². The second-order valence-electron chi connectivity index (χ2n) is 4.83. The van der Waals surface area contributed by atoms with Gasteiger partial charge in [0, 0.05) is 13.7 Å². The van der Waals surface area contributed by atoms with Gasteiger partial charge in [-0.2, -0.15) is 0 Å². The molecular weight excluding hydrogens is 249 g/mol. The number of hydrogen-bond donors (Lipinski definition) is 1. The summed E-state index contributed by atoms with van der Waals surface area (Å²) in [6.07, 6.45) is 0.714. The van der Waals surface area contributed by atoms with Crippen molar-refractivity contribution in [2.45, 2.75) is 25.9 Å². The molecule has 0 aliphatic carbocycles. The fourth-order valence-electron chi connectivity index (χ4n) is 1.51. The van der Waals surface area contributed by atoms with Gasteiger partial charge in [-0.3, -0.25) is 0 Å². The molecule has 19 heavy (non-hydrogen) atoms. The van der Waals surface area contributed by atoms with Crippen LogP contribution in [-0.2, 0) is 9.47 Å². The van der Waals surface area contributed by atoms with E-state index in [0.717, 1.165) is 0 Å². The van der Waals surface area contributed by atoms with Crippen molar-refractivity contribution in [1.82, 2.24) is 0 Å². The summed E-state index contributed by atoms with van der Waals surface area (Å²) in [6, 6.07) is 4.09. The molecule has 0 amide bonds. The molecule has 0 radical (unpaired) electrons. The minimum Gasteiger partial charge on any atom is -0.465 e. The number of anilines is 1. The summed E-state index contributed by atoms with van der Waals surface area (Å²) in [7, 11) is 2.93. The van der Waals surface area contributed by atoms with Crippen LogP contribution < -0.4 is 5.32 Å². The van der Waals surface area contributed by atoms with Crippen LogP contribution in [0.2, 0.25) is 0 Å². The monoisotopic (exact) mass is 269 g/mol. The topological polar surface area (TPSA) is 47.6 Å². The Morgan fingerprint density at radius 2 is 2.05 bits per heavy atom. The van der Waals surface area contributed by atoms with Gasteiger partial charge < -0.3 is 14.8 Å². The average molecular weight is 269 g/mol. The lowest BCUT2D eigenvalue weighted by Crippen LogP contribution is -2.26. The number of esters is 1. The molecule has 106 valence electrons. The molecule has 0 spiro atoms. The van der Waals surface area contributed by atoms with Gasteiger partial charge in [-0.1, -0.05) is 0 Å². The molecule has 0 saturated heterocycles. The largest absolute Gasteiger partial charge is 0.465 e. The van der Waals surface area contributed by atoms with Crippen LogP contribution in [0.1, 0.15) is 30.6 Å². The Morgan fingerprint density at radius 3 is 2.63 bits per heavy atom. The van der Waals surface area contributed by atoms with Crippen LogP contribution in [0, 0.1) is 5.82 Å². The number of benzene rings is 1. The number of carbonyl (C=O) groups excluding carboxylic acids is 1. The first-order chi connectivity index (χ1) is 8.89. The number of rotatable bonds is 6. The fraction of sp³-hybridized carbons (Fsp3) is 0.500. The molecule has 5 heteroatoms. The van der Waals surface area contributed by atoms with Crippen LogP contribution in [0.3, 0.4) is 0 Å². The predicted molar refractivity (Wildman–Crippen MR) is 71.9 cm³/mol. The van der Waals surface area contributed by atoms with Crippen molar-refractivity contribution in [3.63, 3.8) is 0 Å². The van der Waals surface area contributed by atoms with E-state index < -0.39 is 11.8 Å². The van der Waals surface area contributed by atoms with Gasteiger partial charge in [0.25, 0.3) is 0 Å². The lowest BCUT2D eigenvalue weighted by Gasteiger charge is -2.23. The van der Waals surface area contributed by atoms with Crippen LogP contribution >= 0.6 is 0 Å². The highest BCUT2D eigenvalue weighted by molar-refractivity contribution is 5.90. The van der Waals surface area contributed by atoms with E-state index in [1.54, 1.807) is 7.11 Å². The third-order valence-corrected chi connectivity index (χ3v) is 2.98. The van der Waals surface area contributed by atoms with E-state index in [1.807, 2.05) is 13.8 Å². The SMILES string of the molecule is COC(=O)c1ccc(F)c(NCCC(C)(C)OC)c1. The average Bonchev–Trinajstić information content (AvgIpc) is 2.40. The quantitative estimate of drug-likeness (QED) is 0.807. The smallest absolute Gasteiger partial charge is 0.337 e. The van der Waals surface area contributed by atoms with Gasteiger partial charge in [-0.25, -0.2) is 9.18 Å². The van der Waals surface area contributed by atoms with E-state index in [4.69, 9.17) is 4.74 Å². The highest BCUT2D eigenvalue weighted by Gasteiger charge is 2.16. The molecule has 0 aliphatic heterocycles. The number of nitrogens with one attached hydrogen (secondary N) is 1. The van der Waals surface area contributed by atoms with Crippen LogP contribution in [0.5, 0.6) is 0 Å². The first-order valence-corrected chi connectivity index (χ1v) is 6.06. The first kappa shape index (κ1) is 15.4. The number of hydrogen-bond acceptors (Lipinski definition) is 4. The van der Waals surface area contributed by atoms with Gasteiger partial charge >= 0.3 is 5.97 Å². The normalized spacial score (nSPS) is 11.2. The van der Waals surface area contributed by atoms with E-state index in [1.165, 1.54) is 25.3 Å². The van der Waals surface area contributed by atoms with E-state index in [2.05, 4.69) is 10.1 Å². The zero-order valence-electron chi connectivity index (χ0n) is 11.7. The molecule has 1 aromatic rings. The molecule has 4 nitrogen and oxygen atoms in total. The van der Waals surface area contributed by atoms with Crippen molar-refractivity contribution in [3.8, 4) is 0 Å². The van der Waals surface area contributed by atoms with Gasteiger partial charge in [-0.05, 0) is 38.5 Å². The fourth-order valence-corrected chi connectivity index (χ4v) is 1.51. The van der Waals surface area contributed by atoms with E-state index in [-0.39, 0.29) is 11.3 Å². The lowest BCUT2D eigenvalue weighted by atomic mass is 10.1. The molecule has 0 bridgehead atoms. The molecule has 0 heterocycles. The number of methoxy groups -OCH3 is 2. The van der Waals surface area contributed by atoms with Crippen LogP contribution in [0.4, 0.5) is 10.1 Å². The summed E-state index contributed by atoms with van der Waals surface area (Å²) in [6.45, 7) is 4.45. The highest BCUT2D eigenvalue weighted by Crippen LogP contribution is 2.18. The van der Waals surface area contributed by atoms with Crippen molar-refractivity contribution in [3.05, 3.63) is 29.6 Å². The van der Waals surface area contributed by atoms with Crippen molar-refractivity contribution >= 4 is 11.7 Å². The van der Waals surface area contributed by atoms with Gasteiger partial charge in [0.2, 0.25) is 0 Å². The Labute approximate surface area is 112 Å². The molecule has 1 aromatic carbocycles. The van der Waals surface area contributed by atoms with E-state index >= 15 is 0 Å². The molecule has 0 aromatic heterocycles. The minimum atomic E-state index is -0.486. The maximum absolute atomic E-state index is 13.6.